The predicted octanol–water partition coefficient (Wildman–Crippen LogP) is 4.29. The van der Waals surface area contributed by atoms with E-state index in [2.05, 4.69) is 41.7 Å². The lowest BCUT2D eigenvalue weighted by Crippen LogP contribution is -2.13. The summed E-state index contributed by atoms with van der Waals surface area (Å²) in [6, 6.07) is 6.72. The molecule has 0 unspecified atom stereocenters. The number of rotatable bonds is 5. The summed E-state index contributed by atoms with van der Waals surface area (Å²) in [5, 5.41) is 6.96. The Morgan fingerprint density at radius 2 is 2.29 bits per heavy atom. The third kappa shape index (κ3) is 3.05. The third-order valence-corrected chi connectivity index (χ3v) is 4.42. The van der Waals surface area contributed by atoms with E-state index in [1.54, 1.807) is 11.8 Å². The highest BCUT2D eigenvalue weighted by molar-refractivity contribution is 7.98. The van der Waals surface area contributed by atoms with Gasteiger partial charge in [-0.1, -0.05) is 6.58 Å². The molecule has 0 amide bonds. The van der Waals surface area contributed by atoms with E-state index >= 15 is 0 Å². The van der Waals surface area contributed by atoms with Crippen LogP contribution in [-0.4, -0.2) is 12.8 Å². The van der Waals surface area contributed by atoms with Crippen molar-refractivity contribution in [3.63, 3.8) is 0 Å². The molecule has 3 heteroatoms. The van der Waals surface area contributed by atoms with Crippen LogP contribution in [0.25, 0.3) is 10.1 Å². The number of allylic oxidation sites excluding steroid dienone is 1. The maximum atomic E-state index is 3.85. The number of hydrogen-bond acceptors (Lipinski definition) is 3. The topological polar surface area (TPSA) is 12.0 Å². The Kier molecular flexibility index (Phi) is 4.13. The first-order valence-electron chi connectivity index (χ1n) is 5.64. The van der Waals surface area contributed by atoms with Crippen LogP contribution in [0.2, 0.25) is 0 Å². The second-order valence-corrected chi connectivity index (χ2v) is 5.87. The lowest BCUT2D eigenvalue weighted by Gasteiger charge is -2.04. The average Bonchev–Trinajstić information content (AvgIpc) is 2.71. The molecule has 0 radical (unpaired) electrons. The van der Waals surface area contributed by atoms with Crippen LogP contribution in [0.1, 0.15) is 12.5 Å². The first-order valence-corrected chi connectivity index (χ1v) is 7.74. The number of thioether (sulfide) groups is 1. The van der Waals surface area contributed by atoms with E-state index in [0.717, 1.165) is 18.7 Å². The van der Waals surface area contributed by atoms with Crippen LogP contribution in [0.4, 0.5) is 0 Å². The molecule has 0 aliphatic carbocycles. The minimum Gasteiger partial charge on any atom is -0.389 e. The van der Waals surface area contributed by atoms with Gasteiger partial charge in [0, 0.05) is 21.8 Å². The molecule has 1 aromatic heterocycles. The van der Waals surface area contributed by atoms with Crippen LogP contribution in [0, 0.1) is 0 Å². The second kappa shape index (κ2) is 5.61. The Morgan fingerprint density at radius 3 is 3.00 bits per heavy atom. The van der Waals surface area contributed by atoms with E-state index in [1.165, 1.54) is 20.5 Å². The van der Waals surface area contributed by atoms with Crippen molar-refractivity contribution in [1.29, 1.82) is 0 Å². The van der Waals surface area contributed by atoms with Crippen LogP contribution in [-0.2, 0) is 6.42 Å². The standard InChI is InChI=1S/C14H17NS2/c1-10(2)15-7-6-11-9-17-14-5-4-12(16-3)8-13(11)14/h4-5,8-9,15H,1,6-7H2,2-3H3. The van der Waals surface area contributed by atoms with Gasteiger partial charge in [0.15, 0.2) is 0 Å². The quantitative estimate of drug-likeness (QED) is 0.808. The smallest absolute Gasteiger partial charge is 0.0346 e. The monoisotopic (exact) mass is 263 g/mol. The predicted molar refractivity (Wildman–Crippen MR) is 80.1 cm³/mol. The van der Waals surface area contributed by atoms with Gasteiger partial charge in [0.25, 0.3) is 0 Å². The van der Waals surface area contributed by atoms with E-state index in [9.17, 15) is 0 Å². The molecule has 0 saturated carbocycles. The third-order valence-electron chi connectivity index (χ3n) is 2.68. The molecule has 90 valence electrons. The van der Waals surface area contributed by atoms with Crippen molar-refractivity contribution in [2.75, 3.05) is 12.8 Å². The largest absolute Gasteiger partial charge is 0.389 e. The first kappa shape index (κ1) is 12.5. The lowest BCUT2D eigenvalue weighted by atomic mass is 10.1. The molecule has 0 aliphatic heterocycles. The molecule has 1 aromatic carbocycles. The SMILES string of the molecule is C=C(C)NCCc1csc2ccc(SC)cc12. The fraction of sp³-hybridized carbons (Fsp3) is 0.286. The molecule has 17 heavy (non-hydrogen) atoms. The summed E-state index contributed by atoms with van der Waals surface area (Å²) in [4.78, 5) is 1.34. The molecule has 2 rings (SSSR count). The van der Waals surface area contributed by atoms with Gasteiger partial charge in [-0.05, 0) is 54.1 Å². The number of nitrogens with one attached hydrogen (secondary N) is 1. The zero-order chi connectivity index (χ0) is 12.3. The average molecular weight is 263 g/mol. The summed E-state index contributed by atoms with van der Waals surface area (Å²) in [6.07, 6.45) is 3.18. The summed E-state index contributed by atoms with van der Waals surface area (Å²) in [6.45, 7) is 6.81. The molecule has 1 heterocycles. The van der Waals surface area contributed by atoms with Gasteiger partial charge in [-0.2, -0.15) is 0 Å². The van der Waals surface area contributed by atoms with Gasteiger partial charge < -0.3 is 5.32 Å². The summed E-state index contributed by atoms with van der Waals surface area (Å²) >= 11 is 3.63. The first-order chi connectivity index (χ1) is 8.20. The van der Waals surface area contributed by atoms with Gasteiger partial charge in [0.1, 0.15) is 0 Å². The molecule has 0 bridgehead atoms. The van der Waals surface area contributed by atoms with E-state index in [1.807, 2.05) is 18.3 Å². The molecule has 0 spiro atoms. The maximum absolute atomic E-state index is 3.85. The van der Waals surface area contributed by atoms with Crippen molar-refractivity contribution < 1.29 is 0 Å². The summed E-state index contributed by atoms with van der Waals surface area (Å²) in [7, 11) is 0. The van der Waals surface area contributed by atoms with Gasteiger partial charge in [-0.15, -0.1) is 23.1 Å². The van der Waals surface area contributed by atoms with Gasteiger partial charge in [-0.25, -0.2) is 0 Å². The van der Waals surface area contributed by atoms with Crippen molar-refractivity contribution in [2.24, 2.45) is 0 Å². The van der Waals surface area contributed by atoms with E-state index < -0.39 is 0 Å². The van der Waals surface area contributed by atoms with Crippen molar-refractivity contribution >= 4 is 33.2 Å². The lowest BCUT2D eigenvalue weighted by molar-refractivity contribution is 0.795. The zero-order valence-corrected chi connectivity index (χ0v) is 11.9. The summed E-state index contributed by atoms with van der Waals surface area (Å²) in [5.74, 6) is 0. The minimum atomic E-state index is 0.963. The Bertz CT molecular complexity index is 528. The van der Waals surface area contributed by atoms with Crippen molar-refractivity contribution in [2.45, 2.75) is 18.2 Å². The van der Waals surface area contributed by atoms with Gasteiger partial charge in [-0.3, -0.25) is 0 Å². The number of thiophene rings is 1. The maximum Gasteiger partial charge on any atom is 0.0346 e. The van der Waals surface area contributed by atoms with Crippen LogP contribution in [0.3, 0.4) is 0 Å². The van der Waals surface area contributed by atoms with Crippen LogP contribution < -0.4 is 5.32 Å². The van der Waals surface area contributed by atoms with Crippen molar-refractivity contribution in [3.05, 3.63) is 41.4 Å². The highest BCUT2D eigenvalue weighted by Crippen LogP contribution is 2.29. The molecule has 0 aliphatic rings. The fourth-order valence-corrected chi connectivity index (χ4v) is 3.21. The normalized spacial score (nSPS) is 10.7. The second-order valence-electron chi connectivity index (χ2n) is 4.08. The van der Waals surface area contributed by atoms with Crippen molar-refractivity contribution in [3.8, 4) is 0 Å². The van der Waals surface area contributed by atoms with Gasteiger partial charge >= 0.3 is 0 Å². The molecule has 2 aromatic rings. The van der Waals surface area contributed by atoms with E-state index in [-0.39, 0.29) is 0 Å². The number of fused-ring (bicyclic) bond motifs is 1. The molecule has 1 N–H and O–H groups in total. The Hall–Kier alpha value is -0.930. The number of hydrogen-bond donors (Lipinski definition) is 1. The molecule has 0 saturated heterocycles. The van der Waals surface area contributed by atoms with Crippen LogP contribution >= 0.6 is 23.1 Å². The summed E-state index contributed by atoms with van der Waals surface area (Å²) in [5.41, 5.74) is 2.48. The minimum absolute atomic E-state index is 0.963. The Balaban J connectivity index is 2.19. The Labute approximate surface area is 111 Å². The highest BCUT2D eigenvalue weighted by atomic mass is 32.2. The molecule has 0 atom stereocenters. The van der Waals surface area contributed by atoms with Gasteiger partial charge in [0.05, 0.1) is 0 Å². The molecule has 0 fully saturated rings. The zero-order valence-electron chi connectivity index (χ0n) is 10.2. The van der Waals surface area contributed by atoms with Crippen LogP contribution in [0.15, 0.2) is 40.8 Å². The number of benzene rings is 1. The van der Waals surface area contributed by atoms with E-state index in [0.29, 0.717) is 0 Å². The van der Waals surface area contributed by atoms with Crippen molar-refractivity contribution in [1.82, 2.24) is 5.32 Å². The van der Waals surface area contributed by atoms with Crippen LogP contribution in [0.5, 0.6) is 0 Å². The molecular weight excluding hydrogens is 246 g/mol. The van der Waals surface area contributed by atoms with E-state index in [4.69, 9.17) is 0 Å². The Morgan fingerprint density at radius 1 is 1.47 bits per heavy atom. The fourth-order valence-electron chi connectivity index (χ4n) is 1.79. The highest BCUT2D eigenvalue weighted by Gasteiger charge is 2.04. The molecule has 1 nitrogen and oxygen atoms in total. The van der Waals surface area contributed by atoms with Gasteiger partial charge in [0.2, 0.25) is 0 Å². The summed E-state index contributed by atoms with van der Waals surface area (Å²) < 4.78 is 1.38. The molecular formula is C14H17NS2.